The van der Waals surface area contributed by atoms with Crippen LogP contribution in [-0.2, 0) is 16.0 Å². The van der Waals surface area contributed by atoms with Gasteiger partial charge in [0.05, 0.1) is 35.7 Å². The van der Waals surface area contributed by atoms with Crippen LogP contribution in [0.1, 0.15) is 65.6 Å². The van der Waals surface area contributed by atoms with Crippen LogP contribution in [0.25, 0.3) is 11.3 Å². The number of hydrogen-bond acceptors (Lipinski definition) is 7. The molecule has 1 aliphatic heterocycles. The van der Waals surface area contributed by atoms with Crippen molar-refractivity contribution in [3.05, 3.63) is 35.8 Å². The van der Waals surface area contributed by atoms with Crippen molar-refractivity contribution < 1.29 is 19.4 Å². The number of aromatic nitrogens is 2. The molecule has 0 atom stereocenters. The number of esters is 1. The average Bonchev–Trinajstić information content (AvgIpc) is 2.74. The van der Waals surface area contributed by atoms with Crippen molar-refractivity contribution in [1.29, 1.82) is 0 Å². The van der Waals surface area contributed by atoms with Crippen molar-refractivity contribution in [2.24, 2.45) is 5.41 Å². The second-order valence-corrected chi connectivity index (χ2v) is 10.9. The number of aryl methyl sites for hydroxylation is 1. The molecule has 7 nitrogen and oxygen atoms in total. The standard InChI is InChI=1S/C27H39N3O4/c1-18(2)34-20-8-9-23(29-15-20)22-16-28-19(3)21(14-24(31)33-17-27(6,7)32)25(22)30-12-10-26(4,5)11-13-30/h8-9,15-16,18,32H,10-14,17H2,1-7H3. The minimum absolute atomic E-state index is 0.0515. The van der Waals surface area contributed by atoms with E-state index in [-0.39, 0.29) is 25.1 Å². The second kappa shape index (κ2) is 10.3. The SMILES string of the molecule is Cc1ncc(-c2ccc(OC(C)C)cn2)c(N2CCC(C)(C)CC2)c1CC(=O)OCC(C)(C)O. The summed E-state index contributed by atoms with van der Waals surface area (Å²) in [7, 11) is 0. The third kappa shape index (κ3) is 6.92. The van der Waals surface area contributed by atoms with E-state index < -0.39 is 5.60 Å². The Hall–Kier alpha value is -2.67. The van der Waals surface area contributed by atoms with Gasteiger partial charge in [-0.15, -0.1) is 0 Å². The van der Waals surface area contributed by atoms with Crippen LogP contribution in [0, 0.1) is 12.3 Å². The Kier molecular flexibility index (Phi) is 7.86. The van der Waals surface area contributed by atoms with E-state index in [4.69, 9.17) is 9.47 Å². The van der Waals surface area contributed by atoms with Gasteiger partial charge in [-0.1, -0.05) is 13.8 Å². The van der Waals surface area contributed by atoms with Crippen LogP contribution in [0.15, 0.2) is 24.5 Å². The Morgan fingerprint density at radius 3 is 2.41 bits per heavy atom. The molecule has 2 aromatic rings. The molecular weight excluding hydrogens is 430 g/mol. The number of hydrogen-bond donors (Lipinski definition) is 1. The van der Waals surface area contributed by atoms with Crippen molar-refractivity contribution in [1.82, 2.24) is 9.97 Å². The van der Waals surface area contributed by atoms with E-state index in [9.17, 15) is 9.90 Å². The highest BCUT2D eigenvalue weighted by atomic mass is 16.5. The van der Waals surface area contributed by atoms with Crippen LogP contribution < -0.4 is 9.64 Å². The van der Waals surface area contributed by atoms with Gasteiger partial charge in [-0.3, -0.25) is 14.8 Å². The monoisotopic (exact) mass is 469 g/mol. The van der Waals surface area contributed by atoms with E-state index in [1.807, 2.05) is 39.1 Å². The largest absolute Gasteiger partial charge is 0.489 e. The zero-order valence-electron chi connectivity index (χ0n) is 21.6. The predicted octanol–water partition coefficient (Wildman–Crippen LogP) is 4.72. The molecule has 0 saturated carbocycles. The summed E-state index contributed by atoms with van der Waals surface area (Å²) in [6, 6.07) is 3.86. The summed E-state index contributed by atoms with van der Waals surface area (Å²) in [5, 5.41) is 9.95. The van der Waals surface area contributed by atoms with Gasteiger partial charge in [-0.05, 0) is 65.0 Å². The van der Waals surface area contributed by atoms with E-state index >= 15 is 0 Å². The minimum Gasteiger partial charge on any atom is -0.489 e. The Labute approximate surface area is 203 Å². The molecule has 0 aliphatic carbocycles. The molecule has 0 spiro atoms. The van der Waals surface area contributed by atoms with Gasteiger partial charge in [-0.25, -0.2) is 0 Å². The summed E-state index contributed by atoms with van der Waals surface area (Å²) in [5.74, 6) is 0.340. The molecule has 3 rings (SSSR count). The van der Waals surface area contributed by atoms with E-state index in [1.165, 1.54) is 0 Å². The molecule has 186 valence electrons. The molecule has 3 heterocycles. The molecule has 7 heteroatoms. The lowest BCUT2D eigenvalue weighted by Gasteiger charge is -2.40. The number of piperidine rings is 1. The molecule has 1 fully saturated rings. The first kappa shape index (κ1) is 25.9. The third-order valence-electron chi connectivity index (χ3n) is 6.09. The van der Waals surface area contributed by atoms with Gasteiger partial charge in [0.25, 0.3) is 0 Å². The molecule has 1 saturated heterocycles. The van der Waals surface area contributed by atoms with E-state index in [0.29, 0.717) is 5.41 Å². The number of anilines is 1. The maximum absolute atomic E-state index is 12.7. The number of ether oxygens (including phenoxy) is 2. The Morgan fingerprint density at radius 2 is 1.85 bits per heavy atom. The predicted molar refractivity (Wildman–Crippen MR) is 134 cm³/mol. The number of pyridine rings is 2. The summed E-state index contributed by atoms with van der Waals surface area (Å²) < 4.78 is 11.1. The minimum atomic E-state index is -1.07. The van der Waals surface area contributed by atoms with Gasteiger partial charge in [-0.2, -0.15) is 0 Å². The van der Waals surface area contributed by atoms with Gasteiger partial charge in [0.2, 0.25) is 0 Å². The molecule has 1 aliphatic rings. The van der Waals surface area contributed by atoms with Crippen molar-refractivity contribution in [2.45, 2.75) is 79.4 Å². The summed E-state index contributed by atoms with van der Waals surface area (Å²) >= 11 is 0. The summed E-state index contributed by atoms with van der Waals surface area (Å²) in [4.78, 5) is 24.4. The van der Waals surface area contributed by atoms with Crippen molar-refractivity contribution in [2.75, 3.05) is 24.6 Å². The van der Waals surface area contributed by atoms with Crippen LogP contribution in [0.4, 0.5) is 5.69 Å². The highest BCUT2D eigenvalue weighted by molar-refractivity contribution is 5.84. The van der Waals surface area contributed by atoms with Gasteiger partial charge >= 0.3 is 5.97 Å². The van der Waals surface area contributed by atoms with Crippen molar-refractivity contribution in [3.8, 4) is 17.0 Å². The fourth-order valence-electron chi connectivity index (χ4n) is 4.06. The van der Waals surface area contributed by atoms with E-state index in [0.717, 1.165) is 59.9 Å². The maximum atomic E-state index is 12.7. The number of carbonyl (C=O) groups excluding carboxylic acids is 1. The maximum Gasteiger partial charge on any atom is 0.310 e. The normalized spacial score (nSPS) is 16.0. The van der Waals surface area contributed by atoms with Crippen molar-refractivity contribution in [3.63, 3.8) is 0 Å². The Morgan fingerprint density at radius 1 is 1.18 bits per heavy atom. The molecule has 1 N–H and O–H groups in total. The summed E-state index contributed by atoms with van der Waals surface area (Å²) in [6.07, 6.45) is 5.86. The van der Waals surface area contributed by atoms with E-state index in [2.05, 4.69) is 28.7 Å². The second-order valence-electron chi connectivity index (χ2n) is 10.9. The van der Waals surface area contributed by atoms with Crippen LogP contribution in [0.3, 0.4) is 0 Å². The Balaban J connectivity index is 2.00. The molecule has 2 aromatic heterocycles. The van der Waals surface area contributed by atoms with Gasteiger partial charge in [0.1, 0.15) is 12.4 Å². The third-order valence-corrected chi connectivity index (χ3v) is 6.09. The summed E-state index contributed by atoms with van der Waals surface area (Å²) in [6.45, 7) is 15.5. The number of rotatable bonds is 8. The van der Waals surface area contributed by atoms with Crippen LogP contribution in [-0.4, -0.2) is 52.4 Å². The molecule has 0 unspecified atom stereocenters. The molecule has 0 amide bonds. The molecular formula is C27H39N3O4. The molecule has 0 aromatic carbocycles. The van der Waals surface area contributed by atoms with Crippen LogP contribution >= 0.6 is 0 Å². The average molecular weight is 470 g/mol. The fraction of sp³-hybridized carbons (Fsp3) is 0.593. The lowest BCUT2D eigenvalue weighted by Crippen LogP contribution is -2.38. The lowest BCUT2D eigenvalue weighted by molar-refractivity contribution is -0.149. The van der Waals surface area contributed by atoms with Crippen LogP contribution in [0.5, 0.6) is 5.75 Å². The van der Waals surface area contributed by atoms with E-state index in [1.54, 1.807) is 20.0 Å². The van der Waals surface area contributed by atoms with Gasteiger partial charge < -0.3 is 19.5 Å². The number of carbonyl (C=O) groups is 1. The topological polar surface area (TPSA) is 84.8 Å². The Bertz CT molecular complexity index is 984. The van der Waals surface area contributed by atoms with Gasteiger partial charge in [0.15, 0.2) is 0 Å². The smallest absolute Gasteiger partial charge is 0.310 e. The highest BCUT2D eigenvalue weighted by Crippen LogP contribution is 2.39. The first-order chi connectivity index (χ1) is 15.8. The molecule has 34 heavy (non-hydrogen) atoms. The lowest BCUT2D eigenvalue weighted by atomic mass is 9.82. The molecule has 0 radical (unpaired) electrons. The summed E-state index contributed by atoms with van der Waals surface area (Å²) in [5.41, 5.74) is 3.54. The van der Waals surface area contributed by atoms with Crippen LogP contribution in [0.2, 0.25) is 0 Å². The zero-order valence-corrected chi connectivity index (χ0v) is 21.6. The first-order valence-electron chi connectivity index (χ1n) is 12.1. The van der Waals surface area contributed by atoms with Crippen molar-refractivity contribution >= 4 is 11.7 Å². The number of nitrogens with zero attached hydrogens (tertiary/aromatic N) is 3. The highest BCUT2D eigenvalue weighted by Gasteiger charge is 2.30. The number of aliphatic hydroxyl groups is 1. The molecule has 0 bridgehead atoms. The first-order valence-corrected chi connectivity index (χ1v) is 12.1. The fourth-order valence-corrected chi connectivity index (χ4v) is 4.06. The van der Waals surface area contributed by atoms with Gasteiger partial charge in [0, 0.05) is 36.1 Å². The quantitative estimate of drug-likeness (QED) is 0.560. The zero-order chi connectivity index (χ0) is 25.1.